The van der Waals surface area contributed by atoms with Crippen LogP contribution in [0.4, 0.5) is 0 Å². The first-order valence-corrected chi connectivity index (χ1v) is 13.5. The van der Waals surface area contributed by atoms with E-state index in [9.17, 15) is 9.59 Å². The lowest BCUT2D eigenvalue weighted by Crippen LogP contribution is -2.42. The highest BCUT2D eigenvalue weighted by Crippen LogP contribution is 2.55. The van der Waals surface area contributed by atoms with Gasteiger partial charge in [-0.1, -0.05) is 12.1 Å². The molecule has 3 aliphatic rings. The van der Waals surface area contributed by atoms with Gasteiger partial charge in [0.25, 0.3) is 0 Å². The number of esters is 1. The number of hydrogen-bond acceptors (Lipinski definition) is 9. The van der Waals surface area contributed by atoms with Crippen molar-refractivity contribution < 1.29 is 42.7 Å². The van der Waals surface area contributed by atoms with Crippen LogP contribution in [0.5, 0.6) is 34.5 Å². The molecular weight excluding hydrogens is 542 g/mol. The number of rotatable bonds is 8. The highest BCUT2D eigenvalue weighted by Gasteiger charge is 2.53. The summed E-state index contributed by atoms with van der Waals surface area (Å²) in [7, 11) is 6.23. The Morgan fingerprint density at radius 1 is 0.857 bits per heavy atom. The molecule has 1 amide bonds. The Morgan fingerprint density at radius 3 is 2.14 bits per heavy atom. The molecule has 10 heteroatoms. The third-order valence-electron chi connectivity index (χ3n) is 8.07. The van der Waals surface area contributed by atoms with Gasteiger partial charge in [0, 0.05) is 17.9 Å². The van der Waals surface area contributed by atoms with E-state index < -0.39 is 17.9 Å². The number of nitrogens with one attached hydrogen (secondary N) is 1. The molecule has 1 aliphatic carbocycles. The van der Waals surface area contributed by atoms with Crippen LogP contribution in [0, 0.1) is 11.8 Å². The Morgan fingerprint density at radius 2 is 1.52 bits per heavy atom. The van der Waals surface area contributed by atoms with Gasteiger partial charge in [-0.15, -0.1) is 0 Å². The van der Waals surface area contributed by atoms with Gasteiger partial charge < -0.3 is 38.5 Å². The molecule has 1 fully saturated rings. The largest absolute Gasteiger partial charge is 0.497 e. The predicted octanol–water partition coefficient (Wildman–Crippen LogP) is 4.26. The smallest absolute Gasteiger partial charge is 0.310 e. The summed E-state index contributed by atoms with van der Waals surface area (Å²) in [5.74, 6) is 1.26. The molecule has 4 atom stereocenters. The van der Waals surface area contributed by atoms with Crippen molar-refractivity contribution in [2.45, 2.75) is 12.0 Å². The zero-order chi connectivity index (χ0) is 29.4. The number of carbonyl (C=O) groups is 2. The van der Waals surface area contributed by atoms with Gasteiger partial charge in [0.15, 0.2) is 23.0 Å². The fourth-order valence-electron chi connectivity index (χ4n) is 6.12. The van der Waals surface area contributed by atoms with E-state index in [-0.39, 0.29) is 31.2 Å². The maximum absolute atomic E-state index is 13.4. The maximum atomic E-state index is 13.4. The van der Waals surface area contributed by atoms with E-state index in [2.05, 4.69) is 5.32 Å². The highest BCUT2D eigenvalue weighted by molar-refractivity contribution is 5.92. The van der Waals surface area contributed by atoms with Crippen LogP contribution in [-0.2, 0) is 14.3 Å². The molecule has 2 aliphatic heterocycles. The van der Waals surface area contributed by atoms with Crippen molar-refractivity contribution in [3.8, 4) is 34.5 Å². The standard InChI is InChI=1S/C32H31NO9/c1-36-19-8-5-17(6-9-19)7-10-27(34)33-30-21-14-24-23(41-16-42-24)13-20(21)28(29-22(30)15-40-32(29)35)18-11-25(37-2)31(39-4)26(12-18)38-3/h5-14,22,28-30H,15-16H2,1-4H3,(H,33,34)/b10-7+/t22-,28+,29-,30+/m0/s1. The molecule has 0 spiro atoms. The van der Waals surface area contributed by atoms with Crippen molar-refractivity contribution in [3.63, 3.8) is 0 Å². The SMILES string of the molecule is COc1ccc(/C=C/C(=O)N[C@@H]2c3cc4c(cc3[C@@H](c3cc(OC)c(OC)c(OC)c3)[C@H]3C(=O)OC[C@@H]32)OCO4)cc1. The number of ether oxygens (including phenoxy) is 7. The third kappa shape index (κ3) is 4.72. The molecule has 218 valence electrons. The van der Waals surface area contributed by atoms with Gasteiger partial charge in [0.05, 0.1) is 47.0 Å². The summed E-state index contributed by atoms with van der Waals surface area (Å²) in [6, 6.07) is 14.3. The molecule has 0 aromatic heterocycles. The molecular formula is C32H31NO9. The minimum absolute atomic E-state index is 0.0869. The molecule has 2 heterocycles. The molecule has 42 heavy (non-hydrogen) atoms. The van der Waals surface area contributed by atoms with Crippen LogP contribution in [0.15, 0.2) is 54.6 Å². The Hall–Kier alpha value is -4.86. The van der Waals surface area contributed by atoms with E-state index in [0.29, 0.717) is 28.7 Å². The van der Waals surface area contributed by atoms with E-state index in [1.54, 1.807) is 27.4 Å². The number of carbonyl (C=O) groups excluding carboxylic acids is 2. The first-order valence-electron chi connectivity index (χ1n) is 13.5. The van der Waals surface area contributed by atoms with E-state index in [4.69, 9.17) is 33.2 Å². The molecule has 10 nitrogen and oxygen atoms in total. The molecule has 3 aromatic rings. The summed E-state index contributed by atoms with van der Waals surface area (Å²) in [6.07, 6.45) is 3.21. The Kier molecular flexibility index (Phi) is 7.28. The number of hydrogen-bond donors (Lipinski definition) is 1. The van der Waals surface area contributed by atoms with Crippen molar-refractivity contribution in [1.29, 1.82) is 0 Å². The summed E-state index contributed by atoms with van der Waals surface area (Å²) in [5.41, 5.74) is 3.27. The second-order valence-electron chi connectivity index (χ2n) is 10.2. The molecule has 1 saturated heterocycles. The van der Waals surface area contributed by atoms with Gasteiger partial charge >= 0.3 is 5.97 Å². The molecule has 3 aromatic carbocycles. The molecule has 0 saturated carbocycles. The molecule has 0 bridgehead atoms. The van der Waals surface area contributed by atoms with Gasteiger partial charge in [-0.05, 0) is 64.7 Å². The minimum Gasteiger partial charge on any atom is -0.497 e. The normalized spacial score (nSPS) is 21.8. The quantitative estimate of drug-likeness (QED) is 0.312. The Balaban J connectivity index is 1.42. The minimum atomic E-state index is -0.587. The number of cyclic esters (lactones) is 1. The number of fused-ring (bicyclic) bond motifs is 3. The van der Waals surface area contributed by atoms with E-state index >= 15 is 0 Å². The van der Waals surface area contributed by atoms with Gasteiger partial charge in [-0.3, -0.25) is 9.59 Å². The van der Waals surface area contributed by atoms with E-state index in [0.717, 1.165) is 28.0 Å². The lowest BCUT2D eigenvalue weighted by molar-refractivity contribution is -0.141. The number of benzene rings is 3. The van der Waals surface area contributed by atoms with Gasteiger partial charge in [0.2, 0.25) is 18.4 Å². The molecule has 0 unspecified atom stereocenters. The topological polar surface area (TPSA) is 111 Å². The van der Waals surface area contributed by atoms with Crippen LogP contribution < -0.4 is 33.7 Å². The molecule has 0 radical (unpaired) electrons. The first-order chi connectivity index (χ1) is 20.4. The highest BCUT2D eigenvalue weighted by atomic mass is 16.7. The van der Waals surface area contributed by atoms with Crippen molar-refractivity contribution in [3.05, 3.63) is 76.9 Å². The number of methoxy groups -OCH3 is 4. The molecule has 1 N–H and O–H groups in total. The van der Waals surface area contributed by atoms with Gasteiger partial charge in [-0.25, -0.2) is 0 Å². The van der Waals surface area contributed by atoms with E-state index in [1.807, 2.05) is 48.5 Å². The zero-order valence-electron chi connectivity index (χ0n) is 23.7. The Labute approximate surface area is 243 Å². The van der Waals surface area contributed by atoms with Crippen LogP contribution >= 0.6 is 0 Å². The monoisotopic (exact) mass is 573 g/mol. The third-order valence-corrected chi connectivity index (χ3v) is 8.07. The van der Waals surface area contributed by atoms with E-state index in [1.165, 1.54) is 13.2 Å². The van der Waals surface area contributed by atoms with Crippen molar-refractivity contribution in [1.82, 2.24) is 5.32 Å². The van der Waals surface area contributed by atoms with Gasteiger partial charge in [0.1, 0.15) is 5.75 Å². The summed E-state index contributed by atoms with van der Waals surface area (Å²) in [6.45, 7) is 0.245. The second-order valence-corrected chi connectivity index (χ2v) is 10.2. The van der Waals surface area contributed by atoms with Crippen LogP contribution in [0.25, 0.3) is 6.08 Å². The molecule has 6 rings (SSSR count). The lowest BCUT2D eigenvalue weighted by atomic mass is 9.65. The average Bonchev–Trinajstić information content (AvgIpc) is 3.64. The summed E-state index contributed by atoms with van der Waals surface area (Å²) < 4.78 is 39.0. The summed E-state index contributed by atoms with van der Waals surface area (Å²) in [5, 5.41) is 3.14. The van der Waals surface area contributed by atoms with Crippen molar-refractivity contribution >= 4 is 18.0 Å². The fraction of sp³-hybridized carbons (Fsp3) is 0.312. The van der Waals surface area contributed by atoms with Gasteiger partial charge in [-0.2, -0.15) is 0 Å². The van der Waals surface area contributed by atoms with Crippen molar-refractivity contribution in [2.75, 3.05) is 41.8 Å². The second kappa shape index (κ2) is 11.2. The van der Waals surface area contributed by atoms with Crippen LogP contribution in [0.1, 0.15) is 34.2 Å². The lowest BCUT2D eigenvalue weighted by Gasteiger charge is -2.39. The average molecular weight is 574 g/mol. The summed E-state index contributed by atoms with van der Waals surface area (Å²) in [4.78, 5) is 26.6. The maximum Gasteiger partial charge on any atom is 0.310 e. The number of amides is 1. The van der Waals surface area contributed by atoms with Crippen molar-refractivity contribution in [2.24, 2.45) is 11.8 Å². The van der Waals surface area contributed by atoms with Crippen LogP contribution in [0.3, 0.4) is 0 Å². The van der Waals surface area contributed by atoms with Crippen LogP contribution in [-0.4, -0.2) is 53.7 Å². The predicted molar refractivity (Wildman–Crippen MR) is 151 cm³/mol. The van der Waals surface area contributed by atoms with Crippen LogP contribution in [0.2, 0.25) is 0 Å². The zero-order valence-corrected chi connectivity index (χ0v) is 23.7. The summed E-state index contributed by atoms with van der Waals surface area (Å²) >= 11 is 0. The Bertz CT molecular complexity index is 1520. The first kappa shape index (κ1) is 27.3. The fourth-order valence-corrected chi connectivity index (χ4v) is 6.12.